The van der Waals surface area contributed by atoms with Crippen LogP contribution < -0.4 is 11.2 Å². The molecule has 2 aromatic rings. The second-order valence-electron chi connectivity index (χ2n) is 2.33. The molecule has 0 aliphatic heterocycles. The van der Waals surface area contributed by atoms with Crippen LogP contribution in [-0.4, -0.2) is 15.2 Å². The molecule has 66 valence electrons. The van der Waals surface area contributed by atoms with Crippen LogP contribution in [0.3, 0.4) is 0 Å². The van der Waals surface area contributed by atoms with Gasteiger partial charge in [0.05, 0.1) is 4.88 Å². The number of hydrogen-bond donors (Lipinski definition) is 2. The van der Waals surface area contributed by atoms with Gasteiger partial charge in [0, 0.05) is 0 Å². The summed E-state index contributed by atoms with van der Waals surface area (Å²) in [5, 5.41) is 7.66. The SMILES string of the molecule is O=c1[nH]nc(-c2cccs2)c(=O)[nH]1. The Hall–Kier alpha value is -1.69. The van der Waals surface area contributed by atoms with Crippen LogP contribution >= 0.6 is 11.3 Å². The monoisotopic (exact) mass is 195 g/mol. The Morgan fingerprint density at radius 1 is 1.38 bits per heavy atom. The Morgan fingerprint density at radius 2 is 2.23 bits per heavy atom. The maximum atomic E-state index is 11.2. The maximum Gasteiger partial charge on any atom is 0.342 e. The molecule has 0 amide bonds. The van der Waals surface area contributed by atoms with Gasteiger partial charge in [0.25, 0.3) is 5.56 Å². The van der Waals surface area contributed by atoms with Crippen molar-refractivity contribution in [2.45, 2.75) is 0 Å². The van der Waals surface area contributed by atoms with Gasteiger partial charge < -0.3 is 0 Å². The van der Waals surface area contributed by atoms with Crippen molar-refractivity contribution in [3.63, 3.8) is 0 Å². The van der Waals surface area contributed by atoms with Crippen LogP contribution in [0.1, 0.15) is 0 Å². The summed E-state index contributed by atoms with van der Waals surface area (Å²) in [4.78, 5) is 24.7. The highest BCUT2D eigenvalue weighted by Gasteiger charge is 2.05. The van der Waals surface area contributed by atoms with E-state index in [0.717, 1.165) is 4.88 Å². The van der Waals surface area contributed by atoms with E-state index in [9.17, 15) is 9.59 Å². The molecule has 0 radical (unpaired) electrons. The molecule has 0 atom stereocenters. The molecule has 0 saturated carbocycles. The van der Waals surface area contributed by atoms with Gasteiger partial charge in [-0.15, -0.1) is 11.3 Å². The van der Waals surface area contributed by atoms with Crippen molar-refractivity contribution in [2.24, 2.45) is 0 Å². The fourth-order valence-electron chi connectivity index (χ4n) is 0.928. The first kappa shape index (κ1) is 7.93. The first-order chi connectivity index (χ1) is 6.27. The first-order valence-corrected chi connectivity index (χ1v) is 4.38. The van der Waals surface area contributed by atoms with Crippen molar-refractivity contribution in [3.8, 4) is 10.6 Å². The number of thiophene rings is 1. The average Bonchev–Trinajstić information content (AvgIpc) is 2.56. The Bertz CT molecular complexity index is 511. The summed E-state index contributed by atoms with van der Waals surface area (Å²) in [5.41, 5.74) is -0.814. The van der Waals surface area contributed by atoms with Crippen LogP contribution in [-0.2, 0) is 0 Å². The Balaban J connectivity index is 2.67. The third-order valence-electron chi connectivity index (χ3n) is 1.47. The number of nitrogens with zero attached hydrogens (tertiary/aromatic N) is 1. The molecule has 6 heteroatoms. The minimum absolute atomic E-state index is 0.245. The molecule has 2 aromatic heterocycles. The molecule has 0 saturated heterocycles. The van der Waals surface area contributed by atoms with Gasteiger partial charge in [-0.1, -0.05) is 6.07 Å². The minimum Gasteiger partial charge on any atom is -0.271 e. The lowest BCUT2D eigenvalue weighted by molar-refractivity contribution is 0.899. The van der Waals surface area contributed by atoms with E-state index in [1.165, 1.54) is 11.3 Å². The summed E-state index contributed by atoms with van der Waals surface area (Å²) >= 11 is 1.39. The smallest absolute Gasteiger partial charge is 0.271 e. The lowest BCUT2D eigenvalue weighted by Crippen LogP contribution is -2.24. The van der Waals surface area contributed by atoms with E-state index < -0.39 is 11.2 Å². The lowest BCUT2D eigenvalue weighted by atomic mass is 10.4. The van der Waals surface area contributed by atoms with Gasteiger partial charge in [0.2, 0.25) is 0 Å². The van der Waals surface area contributed by atoms with Gasteiger partial charge in [-0.25, -0.2) is 9.89 Å². The highest BCUT2D eigenvalue weighted by Crippen LogP contribution is 2.17. The van der Waals surface area contributed by atoms with Crippen molar-refractivity contribution >= 4 is 11.3 Å². The number of aromatic nitrogens is 3. The highest BCUT2D eigenvalue weighted by atomic mass is 32.1. The number of aromatic amines is 2. The molecule has 2 N–H and O–H groups in total. The molecule has 13 heavy (non-hydrogen) atoms. The molecular weight excluding hydrogens is 190 g/mol. The van der Waals surface area contributed by atoms with E-state index in [2.05, 4.69) is 15.2 Å². The molecule has 0 fully saturated rings. The molecule has 2 rings (SSSR count). The van der Waals surface area contributed by atoms with Crippen LogP contribution in [0.2, 0.25) is 0 Å². The summed E-state index contributed by atoms with van der Waals surface area (Å²) in [7, 11) is 0. The summed E-state index contributed by atoms with van der Waals surface area (Å²) in [5.74, 6) is 0. The van der Waals surface area contributed by atoms with Crippen LogP contribution in [0.25, 0.3) is 10.6 Å². The molecule has 5 nitrogen and oxygen atoms in total. The van der Waals surface area contributed by atoms with Gasteiger partial charge in [-0.2, -0.15) is 5.10 Å². The Morgan fingerprint density at radius 3 is 2.85 bits per heavy atom. The number of nitrogens with one attached hydrogen (secondary N) is 2. The van der Waals surface area contributed by atoms with Gasteiger partial charge in [-0.05, 0) is 11.4 Å². The Labute approximate surface area is 76.1 Å². The molecule has 0 aromatic carbocycles. The second-order valence-corrected chi connectivity index (χ2v) is 3.28. The van der Waals surface area contributed by atoms with Crippen molar-refractivity contribution in [2.75, 3.05) is 0 Å². The molecule has 0 aliphatic rings. The normalized spacial score (nSPS) is 10.2. The van der Waals surface area contributed by atoms with E-state index in [4.69, 9.17) is 0 Å². The van der Waals surface area contributed by atoms with Crippen molar-refractivity contribution < 1.29 is 0 Å². The van der Waals surface area contributed by atoms with Crippen LogP contribution in [0, 0.1) is 0 Å². The zero-order valence-electron chi connectivity index (χ0n) is 6.40. The largest absolute Gasteiger partial charge is 0.342 e. The first-order valence-electron chi connectivity index (χ1n) is 3.50. The lowest BCUT2D eigenvalue weighted by Gasteiger charge is -1.91. The summed E-state index contributed by atoms with van der Waals surface area (Å²) in [6.45, 7) is 0. The standard InChI is InChI=1S/C7H5N3O2S/c11-6-5(4-2-1-3-13-4)9-10-7(12)8-6/h1-3H,(H2,8,10,11,12). The molecule has 0 spiro atoms. The minimum atomic E-state index is -0.592. The zero-order chi connectivity index (χ0) is 9.26. The van der Waals surface area contributed by atoms with Crippen LogP contribution in [0.4, 0.5) is 0 Å². The zero-order valence-corrected chi connectivity index (χ0v) is 7.22. The number of rotatable bonds is 1. The predicted octanol–water partition coefficient (Wildman–Crippen LogP) is 0.187. The molecule has 0 aliphatic carbocycles. The van der Waals surface area contributed by atoms with E-state index in [1.807, 2.05) is 11.4 Å². The molecule has 2 heterocycles. The highest BCUT2D eigenvalue weighted by molar-refractivity contribution is 7.13. The third-order valence-corrected chi connectivity index (χ3v) is 2.34. The van der Waals surface area contributed by atoms with Gasteiger partial charge in [0.1, 0.15) is 0 Å². The van der Waals surface area contributed by atoms with E-state index in [0.29, 0.717) is 0 Å². The van der Waals surface area contributed by atoms with Crippen molar-refractivity contribution in [1.82, 2.24) is 15.2 Å². The van der Waals surface area contributed by atoms with Gasteiger partial charge in [0.15, 0.2) is 5.69 Å². The third kappa shape index (κ3) is 1.43. The predicted molar refractivity (Wildman–Crippen MR) is 48.8 cm³/mol. The molecular formula is C7H5N3O2S. The van der Waals surface area contributed by atoms with Crippen LogP contribution in [0.5, 0.6) is 0 Å². The fraction of sp³-hybridized carbons (Fsp3) is 0. The van der Waals surface area contributed by atoms with E-state index in [1.54, 1.807) is 6.07 Å². The fourth-order valence-corrected chi connectivity index (χ4v) is 1.64. The molecule has 0 unspecified atom stereocenters. The summed E-state index contributed by atoms with van der Waals surface area (Å²) in [6.07, 6.45) is 0. The topological polar surface area (TPSA) is 78.6 Å². The summed E-state index contributed by atoms with van der Waals surface area (Å²) in [6, 6.07) is 3.58. The number of hydrogen-bond acceptors (Lipinski definition) is 4. The second kappa shape index (κ2) is 2.98. The summed E-state index contributed by atoms with van der Waals surface area (Å²) < 4.78 is 0. The van der Waals surface area contributed by atoms with E-state index in [-0.39, 0.29) is 5.69 Å². The molecule has 0 bridgehead atoms. The quantitative estimate of drug-likeness (QED) is 0.681. The Kier molecular flexibility index (Phi) is 1.82. The van der Waals surface area contributed by atoms with Crippen molar-refractivity contribution in [3.05, 3.63) is 38.4 Å². The number of H-pyrrole nitrogens is 2. The van der Waals surface area contributed by atoms with Crippen LogP contribution in [0.15, 0.2) is 27.1 Å². The van der Waals surface area contributed by atoms with E-state index >= 15 is 0 Å². The van der Waals surface area contributed by atoms with Crippen molar-refractivity contribution in [1.29, 1.82) is 0 Å². The van der Waals surface area contributed by atoms with Gasteiger partial charge in [-0.3, -0.25) is 9.78 Å². The van der Waals surface area contributed by atoms with Gasteiger partial charge >= 0.3 is 5.69 Å². The maximum absolute atomic E-state index is 11.2. The average molecular weight is 195 g/mol.